The van der Waals surface area contributed by atoms with Crippen molar-refractivity contribution in [1.82, 2.24) is 9.80 Å². The highest BCUT2D eigenvalue weighted by Crippen LogP contribution is 2.26. The Labute approximate surface area is 256 Å². The Bertz CT molecular complexity index is 1430. The first-order valence-corrected chi connectivity index (χ1v) is 14.7. The predicted octanol–water partition coefficient (Wildman–Crippen LogP) is 3.88. The predicted molar refractivity (Wildman–Crippen MR) is 160 cm³/mol. The molecule has 0 saturated carbocycles. The number of ether oxygens (including phenoxy) is 1. The van der Waals surface area contributed by atoms with E-state index in [0.717, 1.165) is 29.2 Å². The van der Waals surface area contributed by atoms with Gasteiger partial charge in [-0.25, -0.2) is 9.59 Å². The number of carbonyl (C=O) groups excluding carboxylic acids is 3. The number of nitrogens with two attached hydrogens (primary N) is 1. The molecule has 1 fully saturated rings. The maximum atomic E-state index is 13.8. The van der Waals surface area contributed by atoms with Gasteiger partial charge in [0.1, 0.15) is 6.04 Å². The lowest BCUT2D eigenvalue weighted by Gasteiger charge is -2.33. The van der Waals surface area contributed by atoms with Gasteiger partial charge < -0.3 is 20.5 Å². The van der Waals surface area contributed by atoms with Gasteiger partial charge in [0.2, 0.25) is 11.8 Å². The fourth-order valence-electron chi connectivity index (χ4n) is 5.11. The summed E-state index contributed by atoms with van der Waals surface area (Å²) in [7, 11) is 1.33. The van der Waals surface area contributed by atoms with Crippen molar-refractivity contribution in [3.05, 3.63) is 65.5 Å². The van der Waals surface area contributed by atoms with Gasteiger partial charge in [0.05, 0.1) is 25.2 Å². The van der Waals surface area contributed by atoms with E-state index in [-0.39, 0.29) is 30.9 Å². The molecule has 3 aromatic rings. The second-order valence-corrected chi connectivity index (χ2v) is 11.0. The molecule has 3 N–H and O–H groups in total. The first kappa shape index (κ1) is 34.5. The van der Waals surface area contributed by atoms with Crippen LogP contribution in [0.3, 0.4) is 0 Å². The number of fused-ring (bicyclic) bond motifs is 1. The number of thiophene rings is 1. The minimum Gasteiger partial charge on any atom is -0.475 e. The van der Waals surface area contributed by atoms with Crippen LogP contribution in [0.4, 0.5) is 18.2 Å². The van der Waals surface area contributed by atoms with Crippen LogP contribution < -0.4 is 10.6 Å². The Morgan fingerprint density at radius 2 is 1.80 bits per heavy atom. The summed E-state index contributed by atoms with van der Waals surface area (Å²) in [6, 6.07) is 17.2. The molecule has 1 aliphatic rings. The van der Waals surface area contributed by atoms with E-state index >= 15 is 0 Å². The minimum atomic E-state index is -5.08. The number of hydrogen-bond donors (Lipinski definition) is 2. The van der Waals surface area contributed by atoms with E-state index in [1.807, 2.05) is 40.6 Å². The monoisotopic (exact) mass is 636 g/mol. The summed E-state index contributed by atoms with van der Waals surface area (Å²) in [5.41, 5.74) is 6.77. The molecule has 2 atom stereocenters. The molecule has 0 unspecified atom stereocenters. The highest BCUT2D eigenvalue weighted by atomic mass is 32.1. The Kier molecular flexibility index (Phi) is 12.3. The fraction of sp³-hybridized carbons (Fsp3) is 0.400. The molecule has 2 amide bonds. The number of carbonyl (C=O) groups is 4. The Hall–Kier alpha value is -4.01. The molecule has 0 bridgehead atoms. The largest absolute Gasteiger partial charge is 0.490 e. The topological polar surface area (TPSA) is 133 Å². The van der Waals surface area contributed by atoms with Crippen molar-refractivity contribution in [2.24, 2.45) is 5.73 Å². The molecule has 1 saturated heterocycles. The molecule has 44 heavy (non-hydrogen) atoms. The summed E-state index contributed by atoms with van der Waals surface area (Å²) < 4.78 is 36.7. The van der Waals surface area contributed by atoms with Crippen LogP contribution in [0.5, 0.6) is 0 Å². The van der Waals surface area contributed by atoms with Gasteiger partial charge in [-0.3, -0.25) is 19.4 Å². The van der Waals surface area contributed by atoms with Gasteiger partial charge in [-0.1, -0.05) is 42.5 Å². The van der Waals surface area contributed by atoms with Crippen molar-refractivity contribution in [3.8, 4) is 0 Å². The van der Waals surface area contributed by atoms with Crippen molar-refractivity contribution in [2.75, 3.05) is 38.2 Å². The Morgan fingerprint density at radius 1 is 1.11 bits per heavy atom. The number of hydrogen-bond acceptors (Lipinski definition) is 8. The molecule has 2 heterocycles. The number of likely N-dealkylation sites (tertiary alicyclic amines) is 1. The number of halogens is 3. The number of amides is 2. The van der Waals surface area contributed by atoms with Gasteiger partial charge in [0.15, 0.2) is 0 Å². The van der Waals surface area contributed by atoms with Crippen molar-refractivity contribution >= 4 is 50.9 Å². The molecule has 1 aromatic heterocycles. The summed E-state index contributed by atoms with van der Waals surface area (Å²) in [6.45, 7) is 3.48. The van der Waals surface area contributed by atoms with Crippen LogP contribution in [0.1, 0.15) is 25.3 Å². The fourth-order valence-corrected chi connectivity index (χ4v) is 5.93. The number of aliphatic carboxylic acids is 1. The van der Waals surface area contributed by atoms with E-state index in [0.29, 0.717) is 24.6 Å². The van der Waals surface area contributed by atoms with Crippen molar-refractivity contribution in [2.45, 2.75) is 44.6 Å². The molecule has 4 rings (SSSR count). The summed E-state index contributed by atoms with van der Waals surface area (Å²) in [5, 5.41) is 11.9. The smallest absolute Gasteiger partial charge is 0.475 e. The average Bonchev–Trinajstić information content (AvgIpc) is 3.69. The van der Waals surface area contributed by atoms with Gasteiger partial charge in [-0.05, 0) is 53.6 Å². The second kappa shape index (κ2) is 15.6. The lowest BCUT2D eigenvalue weighted by Crippen LogP contribution is -2.50. The first-order chi connectivity index (χ1) is 20.9. The molecular weight excluding hydrogens is 601 g/mol. The molecule has 0 radical (unpaired) electrons. The van der Waals surface area contributed by atoms with Crippen LogP contribution in [0.2, 0.25) is 0 Å². The van der Waals surface area contributed by atoms with Gasteiger partial charge in [-0.15, -0.1) is 11.3 Å². The molecule has 1 aliphatic heterocycles. The third-order valence-electron chi connectivity index (χ3n) is 7.16. The summed E-state index contributed by atoms with van der Waals surface area (Å²) >= 11 is 1.40. The number of esters is 1. The van der Waals surface area contributed by atoms with Crippen LogP contribution in [-0.4, -0.2) is 90.2 Å². The maximum absolute atomic E-state index is 13.8. The third-order valence-corrected chi connectivity index (χ3v) is 8.03. The van der Waals surface area contributed by atoms with Crippen LogP contribution in [0.25, 0.3) is 10.8 Å². The van der Waals surface area contributed by atoms with Crippen LogP contribution >= 0.6 is 11.3 Å². The average molecular weight is 637 g/mol. The van der Waals surface area contributed by atoms with E-state index in [2.05, 4.69) is 29.2 Å². The highest BCUT2D eigenvalue weighted by Gasteiger charge is 2.38. The molecule has 238 valence electrons. The number of carboxylic acid groups (broad SMARTS) is 1. The minimum absolute atomic E-state index is 0.0213. The van der Waals surface area contributed by atoms with Gasteiger partial charge in [-0.2, -0.15) is 13.2 Å². The zero-order valence-corrected chi connectivity index (χ0v) is 25.1. The molecule has 14 heteroatoms. The highest BCUT2D eigenvalue weighted by molar-refractivity contribution is 7.14. The van der Waals surface area contributed by atoms with E-state index < -0.39 is 24.2 Å². The molecule has 10 nitrogen and oxygen atoms in total. The number of benzene rings is 2. The van der Waals surface area contributed by atoms with Crippen LogP contribution in [0.15, 0.2) is 60.0 Å². The zero-order valence-electron chi connectivity index (χ0n) is 24.3. The number of alkyl halides is 3. The number of methoxy groups -OCH3 is 1. The first-order valence-electron chi connectivity index (χ1n) is 13.8. The standard InChI is InChI=1S/C28H34N4O4S.C2HF3O2/c1-20(28(35)36-2)32(27-13-7-15-37-27)26(34)19-30(18-23-11-6-14-31(23)25(33)16-29)17-22-10-5-9-21-8-3-4-12-24(21)22;3-2(4,5)1(6)7/h3-5,7-10,12-13,15,20,23H,6,11,14,16-19,29H2,1-2H3;(H,6,7)/t20-,23-;/m0./s1. The summed E-state index contributed by atoms with van der Waals surface area (Å²) in [6.07, 6.45) is -3.31. The molecular formula is C30H35F3N4O6S. The molecule has 0 spiro atoms. The number of anilines is 1. The lowest BCUT2D eigenvalue weighted by molar-refractivity contribution is -0.192. The molecule has 0 aliphatic carbocycles. The number of rotatable bonds is 10. The lowest BCUT2D eigenvalue weighted by atomic mass is 10.0. The SMILES string of the molecule is COC(=O)[C@H](C)N(C(=O)CN(Cc1cccc2ccccc12)C[C@@H]1CCCN1C(=O)CN)c1cccs1.O=C(O)C(F)(F)F. The van der Waals surface area contributed by atoms with Crippen molar-refractivity contribution in [1.29, 1.82) is 0 Å². The normalized spacial score (nSPS) is 15.4. The van der Waals surface area contributed by atoms with E-state index in [9.17, 15) is 27.6 Å². The van der Waals surface area contributed by atoms with Gasteiger partial charge >= 0.3 is 18.1 Å². The number of nitrogens with zero attached hydrogens (tertiary/aromatic N) is 3. The van der Waals surface area contributed by atoms with E-state index in [4.69, 9.17) is 20.4 Å². The second-order valence-electron chi connectivity index (χ2n) is 10.1. The van der Waals surface area contributed by atoms with Gasteiger partial charge in [0, 0.05) is 25.7 Å². The van der Waals surface area contributed by atoms with E-state index in [1.165, 1.54) is 23.3 Å². The van der Waals surface area contributed by atoms with Crippen molar-refractivity contribution < 1.29 is 42.2 Å². The summed E-state index contributed by atoms with van der Waals surface area (Å²) in [5.74, 6) is -3.50. The Morgan fingerprint density at radius 3 is 2.41 bits per heavy atom. The van der Waals surface area contributed by atoms with Crippen molar-refractivity contribution in [3.63, 3.8) is 0 Å². The van der Waals surface area contributed by atoms with Crippen LogP contribution in [0, 0.1) is 0 Å². The zero-order chi connectivity index (χ0) is 32.4. The summed E-state index contributed by atoms with van der Waals surface area (Å²) in [4.78, 5) is 53.0. The Balaban J connectivity index is 0.000000676. The third kappa shape index (κ3) is 9.00. The van der Waals surface area contributed by atoms with E-state index in [1.54, 1.807) is 6.92 Å². The van der Waals surface area contributed by atoms with Gasteiger partial charge in [0.25, 0.3) is 0 Å². The van der Waals surface area contributed by atoms with Crippen LogP contribution in [-0.2, 0) is 30.5 Å². The number of carboxylic acids is 1. The quantitative estimate of drug-likeness (QED) is 0.321. The maximum Gasteiger partial charge on any atom is 0.490 e. The molecule has 2 aromatic carbocycles.